The summed E-state index contributed by atoms with van der Waals surface area (Å²) in [5.41, 5.74) is 4.35. The molecule has 0 aliphatic carbocycles. The molecular weight excluding hydrogens is 284 g/mol. The fourth-order valence-electron chi connectivity index (χ4n) is 2.41. The molecule has 118 valence electrons. The van der Waals surface area contributed by atoms with Crippen molar-refractivity contribution in [3.8, 4) is 6.07 Å². The highest BCUT2D eigenvalue weighted by molar-refractivity contribution is 5.79. The molecule has 0 spiro atoms. The minimum Gasteiger partial charge on any atom is -0.352 e. The molecule has 0 atom stereocenters. The fraction of sp³-hybridized carbons (Fsp3) is 0.263. The van der Waals surface area contributed by atoms with E-state index in [-0.39, 0.29) is 0 Å². The molecule has 2 rings (SSSR count). The van der Waals surface area contributed by atoms with Gasteiger partial charge in [-0.05, 0) is 35.2 Å². The molecule has 0 aliphatic heterocycles. The number of nitrogens with one attached hydrogen (secondary N) is 2. The molecule has 0 bridgehead atoms. The normalized spacial score (nSPS) is 10.9. The van der Waals surface area contributed by atoms with Crippen molar-refractivity contribution in [2.75, 3.05) is 7.05 Å². The third-order valence-corrected chi connectivity index (χ3v) is 3.69. The van der Waals surface area contributed by atoms with Gasteiger partial charge < -0.3 is 10.6 Å². The van der Waals surface area contributed by atoms with Gasteiger partial charge in [-0.2, -0.15) is 5.26 Å². The summed E-state index contributed by atoms with van der Waals surface area (Å²) in [6.45, 7) is 3.53. The second kappa shape index (κ2) is 8.60. The first-order chi connectivity index (χ1) is 11.3. The van der Waals surface area contributed by atoms with Gasteiger partial charge in [-0.15, -0.1) is 0 Å². The van der Waals surface area contributed by atoms with E-state index in [0.717, 1.165) is 24.5 Å². The summed E-state index contributed by atoms with van der Waals surface area (Å²) in [7, 11) is 1.76. The predicted molar refractivity (Wildman–Crippen MR) is 94.0 cm³/mol. The molecule has 4 nitrogen and oxygen atoms in total. The standard InChI is InChI=1S/C19H22N4/c1-3-17-9-4-5-10-18(17)14-23-19(21-2)22-13-16-8-6-7-15(11-16)12-20/h4-11H,3,13-14H2,1-2H3,(H2,21,22,23). The Morgan fingerprint density at radius 3 is 2.48 bits per heavy atom. The van der Waals surface area contributed by atoms with Gasteiger partial charge in [0.2, 0.25) is 0 Å². The van der Waals surface area contributed by atoms with Crippen LogP contribution < -0.4 is 10.6 Å². The number of nitriles is 1. The van der Waals surface area contributed by atoms with Crippen LogP contribution >= 0.6 is 0 Å². The molecular formula is C19H22N4. The minimum absolute atomic E-state index is 0.630. The van der Waals surface area contributed by atoms with E-state index in [0.29, 0.717) is 12.1 Å². The van der Waals surface area contributed by atoms with Crippen molar-refractivity contribution in [1.82, 2.24) is 10.6 Å². The van der Waals surface area contributed by atoms with Crippen LogP contribution in [0, 0.1) is 11.3 Å². The van der Waals surface area contributed by atoms with Crippen molar-refractivity contribution in [2.24, 2.45) is 4.99 Å². The lowest BCUT2D eigenvalue weighted by atomic mass is 10.1. The molecule has 23 heavy (non-hydrogen) atoms. The first kappa shape index (κ1) is 16.6. The average Bonchev–Trinajstić information content (AvgIpc) is 2.62. The van der Waals surface area contributed by atoms with Crippen LogP contribution in [0.5, 0.6) is 0 Å². The van der Waals surface area contributed by atoms with E-state index < -0.39 is 0 Å². The van der Waals surface area contributed by atoms with Crippen LogP contribution in [0.1, 0.15) is 29.2 Å². The molecule has 0 saturated carbocycles. The SMILES string of the molecule is CCc1ccccc1CNC(=NC)NCc1cccc(C#N)c1. The van der Waals surface area contributed by atoms with E-state index in [2.05, 4.69) is 52.9 Å². The molecule has 0 saturated heterocycles. The minimum atomic E-state index is 0.630. The molecule has 4 heteroatoms. The van der Waals surface area contributed by atoms with Crippen LogP contribution in [0.2, 0.25) is 0 Å². The molecule has 0 heterocycles. The van der Waals surface area contributed by atoms with Gasteiger partial charge >= 0.3 is 0 Å². The van der Waals surface area contributed by atoms with E-state index >= 15 is 0 Å². The highest BCUT2D eigenvalue weighted by Crippen LogP contribution is 2.09. The van der Waals surface area contributed by atoms with E-state index in [1.807, 2.05) is 18.2 Å². The van der Waals surface area contributed by atoms with Crippen molar-refractivity contribution in [2.45, 2.75) is 26.4 Å². The molecule has 2 aromatic carbocycles. The van der Waals surface area contributed by atoms with Crippen LogP contribution in [0.4, 0.5) is 0 Å². The molecule has 0 aromatic heterocycles. The average molecular weight is 306 g/mol. The van der Waals surface area contributed by atoms with Crippen LogP contribution in [0.3, 0.4) is 0 Å². The zero-order valence-corrected chi connectivity index (χ0v) is 13.6. The Balaban J connectivity index is 1.92. The molecule has 0 radical (unpaired) electrons. The first-order valence-electron chi connectivity index (χ1n) is 7.77. The maximum atomic E-state index is 8.94. The van der Waals surface area contributed by atoms with Gasteiger partial charge in [-0.3, -0.25) is 4.99 Å². The summed E-state index contributed by atoms with van der Waals surface area (Å²) in [6, 6.07) is 18.1. The topological polar surface area (TPSA) is 60.2 Å². The van der Waals surface area contributed by atoms with Crippen LogP contribution in [0.15, 0.2) is 53.5 Å². The molecule has 2 aromatic rings. The number of benzene rings is 2. The molecule has 2 N–H and O–H groups in total. The monoisotopic (exact) mass is 306 g/mol. The third kappa shape index (κ3) is 4.86. The van der Waals surface area contributed by atoms with Gasteiger partial charge in [0, 0.05) is 20.1 Å². The lowest BCUT2D eigenvalue weighted by Gasteiger charge is -2.14. The first-order valence-corrected chi connectivity index (χ1v) is 7.77. The third-order valence-electron chi connectivity index (χ3n) is 3.69. The number of guanidine groups is 1. The molecule has 0 fully saturated rings. The quantitative estimate of drug-likeness (QED) is 0.659. The Labute approximate surface area is 137 Å². The number of nitrogens with zero attached hydrogens (tertiary/aromatic N) is 2. The summed E-state index contributed by atoms with van der Waals surface area (Å²) in [6.07, 6.45) is 1.02. The smallest absolute Gasteiger partial charge is 0.191 e. The lowest BCUT2D eigenvalue weighted by Crippen LogP contribution is -2.36. The van der Waals surface area contributed by atoms with Crippen molar-refractivity contribution in [1.29, 1.82) is 5.26 Å². The summed E-state index contributed by atoms with van der Waals surface area (Å²) in [5.74, 6) is 0.748. The highest BCUT2D eigenvalue weighted by atomic mass is 15.2. The second-order valence-electron chi connectivity index (χ2n) is 5.21. The summed E-state index contributed by atoms with van der Waals surface area (Å²) < 4.78 is 0. The van der Waals surface area contributed by atoms with Gasteiger partial charge in [-0.1, -0.05) is 43.3 Å². The molecule has 0 unspecified atom stereocenters. The Bertz CT molecular complexity index is 713. The van der Waals surface area contributed by atoms with Crippen molar-refractivity contribution < 1.29 is 0 Å². The van der Waals surface area contributed by atoms with Crippen LogP contribution in [-0.4, -0.2) is 13.0 Å². The number of hydrogen-bond donors (Lipinski definition) is 2. The van der Waals surface area contributed by atoms with Gasteiger partial charge in [0.1, 0.15) is 0 Å². The van der Waals surface area contributed by atoms with Crippen molar-refractivity contribution in [3.63, 3.8) is 0 Å². The summed E-state index contributed by atoms with van der Waals surface area (Å²) in [5, 5.41) is 15.5. The lowest BCUT2D eigenvalue weighted by molar-refractivity contribution is 0.803. The Morgan fingerprint density at radius 2 is 1.78 bits per heavy atom. The zero-order chi connectivity index (χ0) is 16.5. The predicted octanol–water partition coefficient (Wildman–Crippen LogP) is 2.99. The van der Waals surface area contributed by atoms with Crippen molar-refractivity contribution in [3.05, 3.63) is 70.8 Å². The Hall–Kier alpha value is -2.80. The van der Waals surface area contributed by atoms with E-state index in [4.69, 9.17) is 5.26 Å². The highest BCUT2D eigenvalue weighted by Gasteiger charge is 2.02. The molecule has 0 aliphatic rings. The van der Waals surface area contributed by atoms with E-state index in [1.54, 1.807) is 13.1 Å². The summed E-state index contributed by atoms with van der Waals surface area (Å²) >= 11 is 0. The largest absolute Gasteiger partial charge is 0.352 e. The van der Waals surface area contributed by atoms with Gasteiger partial charge in [0.15, 0.2) is 5.96 Å². The zero-order valence-electron chi connectivity index (χ0n) is 13.6. The van der Waals surface area contributed by atoms with E-state index in [9.17, 15) is 0 Å². The van der Waals surface area contributed by atoms with Gasteiger partial charge in [-0.25, -0.2) is 0 Å². The van der Waals surface area contributed by atoms with Gasteiger partial charge in [0.05, 0.1) is 11.6 Å². The Morgan fingerprint density at radius 1 is 1.04 bits per heavy atom. The number of rotatable bonds is 5. The van der Waals surface area contributed by atoms with Gasteiger partial charge in [0.25, 0.3) is 0 Å². The fourth-order valence-corrected chi connectivity index (χ4v) is 2.41. The van der Waals surface area contributed by atoms with Crippen molar-refractivity contribution >= 4 is 5.96 Å². The van der Waals surface area contributed by atoms with E-state index in [1.165, 1.54) is 11.1 Å². The summed E-state index contributed by atoms with van der Waals surface area (Å²) in [4.78, 5) is 4.25. The number of aryl methyl sites for hydroxylation is 1. The number of hydrogen-bond acceptors (Lipinski definition) is 2. The molecule has 0 amide bonds. The van der Waals surface area contributed by atoms with Crippen LogP contribution in [-0.2, 0) is 19.5 Å². The van der Waals surface area contributed by atoms with Crippen LogP contribution in [0.25, 0.3) is 0 Å². The maximum Gasteiger partial charge on any atom is 0.191 e. The Kier molecular flexibility index (Phi) is 6.19. The second-order valence-corrected chi connectivity index (χ2v) is 5.21. The number of aliphatic imine (C=N–C) groups is 1. The maximum absolute atomic E-state index is 8.94.